The number of carbonyl (C=O) groups is 2. The molecule has 1 heterocycles. The van der Waals surface area contributed by atoms with E-state index in [0.29, 0.717) is 10.6 Å². The molecule has 0 aliphatic carbocycles. The van der Waals surface area contributed by atoms with E-state index in [9.17, 15) is 22.8 Å². The van der Waals surface area contributed by atoms with Gasteiger partial charge in [-0.05, 0) is 42.8 Å². The number of hydrazone groups is 1. The Bertz CT molecular complexity index is 1010. The van der Waals surface area contributed by atoms with E-state index in [1.54, 1.807) is 31.2 Å². The van der Waals surface area contributed by atoms with Crippen LogP contribution in [0.15, 0.2) is 53.6 Å². The largest absolute Gasteiger partial charge is 0.468 e. The van der Waals surface area contributed by atoms with Crippen LogP contribution in [-0.4, -0.2) is 36.4 Å². The molecule has 1 atom stereocenters. The molecule has 10 heteroatoms. The highest BCUT2D eigenvalue weighted by Gasteiger charge is 2.48. The SMILES string of the molecule is COC(=O)C1(C)CN(C(=O)Nc2cccc(C(F)(F)F)c2)N=C1c1ccc(Cl)cc1. The van der Waals surface area contributed by atoms with Crippen molar-refractivity contribution in [3.8, 4) is 0 Å². The molecule has 6 nitrogen and oxygen atoms in total. The summed E-state index contributed by atoms with van der Waals surface area (Å²) in [5.74, 6) is -0.606. The highest BCUT2D eigenvalue weighted by molar-refractivity contribution is 6.30. The van der Waals surface area contributed by atoms with Gasteiger partial charge in [0.05, 0.1) is 24.9 Å². The summed E-state index contributed by atoms with van der Waals surface area (Å²) in [5, 5.41) is 8.10. The van der Waals surface area contributed by atoms with E-state index in [-0.39, 0.29) is 17.9 Å². The molecule has 2 amide bonds. The Kier molecular flexibility index (Phi) is 5.76. The smallest absolute Gasteiger partial charge is 0.416 e. The number of hydrogen-bond acceptors (Lipinski definition) is 4. The first-order valence-electron chi connectivity index (χ1n) is 8.74. The Labute approximate surface area is 175 Å². The molecule has 0 radical (unpaired) electrons. The van der Waals surface area contributed by atoms with Crippen LogP contribution in [0.2, 0.25) is 5.02 Å². The summed E-state index contributed by atoms with van der Waals surface area (Å²) in [7, 11) is 1.22. The third kappa shape index (κ3) is 4.25. The molecule has 1 N–H and O–H groups in total. The van der Waals surface area contributed by atoms with Crippen LogP contribution in [0, 0.1) is 5.41 Å². The van der Waals surface area contributed by atoms with Crippen molar-refractivity contribution < 1.29 is 27.5 Å². The minimum Gasteiger partial charge on any atom is -0.468 e. The molecule has 0 bridgehead atoms. The molecule has 0 spiro atoms. The van der Waals surface area contributed by atoms with Crippen LogP contribution in [0.5, 0.6) is 0 Å². The van der Waals surface area contributed by atoms with Gasteiger partial charge in [0.1, 0.15) is 5.41 Å². The molecule has 1 aliphatic heterocycles. The van der Waals surface area contributed by atoms with E-state index in [1.807, 2.05) is 0 Å². The van der Waals surface area contributed by atoms with E-state index in [2.05, 4.69) is 10.4 Å². The van der Waals surface area contributed by atoms with Gasteiger partial charge in [-0.15, -0.1) is 0 Å². The summed E-state index contributed by atoms with van der Waals surface area (Å²) in [4.78, 5) is 25.1. The fraction of sp³-hybridized carbons (Fsp3) is 0.250. The number of nitrogens with zero attached hydrogens (tertiary/aromatic N) is 2. The molecule has 2 aromatic rings. The van der Waals surface area contributed by atoms with Gasteiger partial charge in [-0.2, -0.15) is 18.3 Å². The van der Waals surface area contributed by atoms with E-state index in [4.69, 9.17) is 16.3 Å². The number of hydrogen-bond donors (Lipinski definition) is 1. The van der Waals surface area contributed by atoms with Crippen molar-refractivity contribution in [3.63, 3.8) is 0 Å². The molecule has 30 heavy (non-hydrogen) atoms. The van der Waals surface area contributed by atoms with Gasteiger partial charge < -0.3 is 10.1 Å². The molecule has 158 valence electrons. The van der Waals surface area contributed by atoms with Gasteiger partial charge >= 0.3 is 18.2 Å². The Morgan fingerprint density at radius 1 is 1.20 bits per heavy atom. The zero-order valence-electron chi connectivity index (χ0n) is 16.0. The second-order valence-electron chi connectivity index (χ2n) is 6.85. The van der Waals surface area contributed by atoms with Gasteiger partial charge in [0.15, 0.2) is 0 Å². The summed E-state index contributed by atoms with van der Waals surface area (Å²) < 4.78 is 43.6. The van der Waals surface area contributed by atoms with E-state index in [0.717, 1.165) is 17.1 Å². The summed E-state index contributed by atoms with van der Waals surface area (Å²) in [6.45, 7) is 1.42. The Morgan fingerprint density at radius 3 is 2.47 bits per heavy atom. The predicted molar refractivity (Wildman–Crippen MR) is 105 cm³/mol. The third-order valence-corrected chi connectivity index (χ3v) is 4.89. The molecule has 0 fully saturated rings. The fourth-order valence-corrected chi connectivity index (χ4v) is 3.22. The lowest BCUT2D eigenvalue weighted by molar-refractivity contribution is -0.147. The number of carbonyl (C=O) groups excluding carboxylic acids is 2. The lowest BCUT2D eigenvalue weighted by Crippen LogP contribution is -2.42. The summed E-state index contributed by atoms with van der Waals surface area (Å²) in [5.41, 5.74) is -1.38. The Balaban J connectivity index is 1.90. The number of anilines is 1. The van der Waals surface area contributed by atoms with Crippen LogP contribution in [-0.2, 0) is 15.7 Å². The van der Waals surface area contributed by atoms with Crippen molar-refractivity contribution in [2.45, 2.75) is 13.1 Å². The number of amides is 2. The van der Waals surface area contributed by atoms with Crippen molar-refractivity contribution in [2.75, 3.05) is 19.0 Å². The number of methoxy groups -OCH3 is 1. The molecule has 0 aromatic heterocycles. The number of alkyl halides is 3. The maximum Gasteiger partial charge on any atom is 0.416 e. The van der Waals surface area contributed by atoms with Crippen molar-refractivity contribution in [3.05, 3.63) is 64.7 Å². The number of benzene rings is 2. The zero-order chi connectivity index (χ0) is 22.1. The van der Waals surface area contributed by atoms with Gasteiger partial charge in [0, 0.05) is 10.7 Å². The van der Waals surface area contributed by atoms with Gasteiger partial charge in [0.2, 0.25) is 0 Å². The molecule has 0 saturated heterocycles. The Hall–Kier alpha value is -3.07. The van der Waals surface area contributed by atoms with Crippen LogP contribution in [0.1, 0.15) is 18.1 Å². The average molecular weight is 440 g/mol. The maximum absolute atomic E-state index is 12.9. The number of halogens is 4. The predicted octanol–water partition coefficient (Wildman–Crippen LogP) is 4.79. The number of nitrogens with one attached hydrogen (secondary N) is 1. The summed E-state index contributed by atoms with van der Waals surface area (Å²) >= 11 is 5.91. The van der Waals surface area contributed by atoms with Gasteiger partial charge in [-0.3, -0.25) is 4.79 Å². The van der Waals surface area contributed by atoms with Crippen molar-refractivity contribution in [2.24, 2.45) is 10.5 Å². The number of ether oxygens (including phenoxy) is 1. The first kappa shape index (κ1) is 21.6. The quantitative estimate of drug-likeness (QED) is 0.699. The van der Waals surface area contributed by atoms with Crippen molar-refractivity contribution in [1.82, 2.24) is 5.01 Å². The lowest BCUT2D eigenvalue weighted by atomic mass is 9.82. The molecular weight excluding hydrogens is 423 g/mol. The average Bonchev–Trinajstić information content (AvgIpc) is 3.06. The highest BCUT2D eigenvalue weighted by Crippen LogP contribution is 2.34. The normalized spacial score (nSPS) is 18.7. The van der Waals surface area contributed by atoms with Gasteiger partial charge in [-0.25, -0.2) is 9.80 Å². The molecule has 3 rings (SSSR count). The van der Waals surface area contributed by atoms with Crippen LogP contribution in [0.25, 0.3) is 0 Å². The third-order valence-electron chi connectivity index (χ3n) is 4.64. The molecule has 1 unspecified atom stereocenters. The lowest BCUT2D eigenvalue weighted by Gasteiger charge is -2.23. The van der Waals surface area contributed by atoms with Crippen LogP contribution in [0.4, 0.5) is 23.7 Å². The van der Waals surface area contributed by atoms with Gasteiger partial charge in [-0.1, -0.05) is 29.8 Å². The minimum atomic E-state index is -4.54. The summed E-state index contributed by atoms with van der Waals surface area (Å²) in [6, 6.07) is 9.97. The second kappa shape index (κ2) is 7.98. The number of urea groups is 1. The zero-order valence-corrected chi connectivity index (χ0v) is 16.7. The Morgan fingerprint density at radius 2 is 1.87 bits per heavy atom. The molecular formula is C20H17ClF3N3O3. The monoisotopic (exact) mass is 439 g/mol. The second-order valence-corrected chi connectivity index (χ2v) is 7.28. The van der Waals surface area contributed by atoms with E-state index >= 15 is 0 Å². The number of esters is 1. The standard InChI is InChI=1S/C20H17ClF3N3O3/c1-19(17(28)30-2)11-27(26-16(19)12-6-8-14(21)9-7-12)18(29)25-15-5-3-4-13(10-15)20(22,23)24/h3-10H,11H2,1-2H3,(H,25,29). The molecule has 2 aromatic carbocycles. The number of rotatable bonds is 3. The first-order valence-corrected chi connectivity index (χ1v) is 9.11. The van der Waals surface area contributed by atoms with Crippen molar-refractivity contribution in [1.29, 1.82) is 0 Å². The van der Waals surface area contributed by atoms with Crippen LogP contribution >= 0.6 is 11.6 Å². The molecule has 0 saturated carbocycles. The minimum absolute atomic E-state index is 0.0512. The topological polar surface area (TPSA) is 71.0 Å². The van der Waals surface area contributed by atoms with E-state index in [1.165, 1.54) is 19.2 Å². The first-order chi connectivity index (χ1) is 14.0. The maximum atomic E-state index is 12.9. The van der Waals surface area contributed by atoms with E-state index < -0.39 is 29.2 Å². The summed E-state index contributed by atoms with van der Waals surface area (Å²) in [6.07, 6.45) is -4.54. The fourth-order valence-electron chi connectivity index (χ4n) is 3.09. The van der Waals surface area contributed by atoms with Crippen LogP contribution < -0.4 is 5.32 Å². The van der Waals surface area contributed by atoms with Crippen LogP contribution in [0.3, 0.4) is 0 Å². The van der Waals surface area contributed by atoms with Crippen molar-refractivity contribution >= 4 is 35.0 Å². The van der Waals surface area contributed by atoms with Gasteiger partial charge in [0.25, 0.3) is 0 Å². The molecule has 1 aliphatic rings. The highest BCUT2D eigenvalue weighted by atomic mass is 35.5.